The molecule has 10 heteroatoms. The predicted molar refractivity (Wildman–Crippen MR) is 145 cm³/mol. The molecule has 0 unspecified atom stereocenters. The highest BCUT2D eigenvalue weighted by Crippen LogP contribution is 2.31. The summed E-state index contributed by atoms with van der Waals surface area (Å²) >= 11 is 0. The van der Waals surface area contributed by atoms with Crippen molar-refractivity contribution >= 4 is 11.9 Å². The van der Waals surface area contributed by atoms with Crippen LogP contribution in [0.2, 0.25) is 0 Å². The molecule has 0 aliphatic heterocycles. The van der Waals surface area contributed by atoms with E-state index in [1.165, 1.54) is 0 Å². The minimum Gasteiger partial charge on any atom is -0.491 e. The van der Waals surface area contributed by atoms with Crippen molar-refractivity contribution in [3.8, 4) is 17.2 Å². The van der Waals surface area contributed by atoms with E-state index in [1.807, 2.05) is 12.1 Å². The summed E-state index contributed by atoms with van der Waals surface area (Å²) in [6, 6.07) is 14.1. The quantitative estimate of drug-likeness (QED) is 0.165. The van der Waals surface area contributed by atoms with Gasteiger partial charge in [-0.25, -0.2) is 0 Å². The van der Waals surface area contributed by atoms with Gasteiger partial charge >= 0.3 is 11.9 Å². The third kappa shape index (κ3) is 11.6. The summed E-state index contributed by atoms with van der Waals surface area (Å²) in [7, 11) is 1.62. The van der Waals surface area contributed by atoms with Gasteiger partial charge in [-0.2, -0.15) is 0 Å². The normalized spacial score (nSPS) is 16.9. The molecule has 40 heavy (non-hydrogen) atoms. The number of carbonyl (C=O) groups excluding carboxylic acids is 2. The number of esters is 2. The minimum atomic E-state index is -0.287. The van der Waals surface area contributed by atoms with E-state index >= 15 is 0 Å². The van der Waals surface area contributed by atoms with Crippen LogP contribution in [0.1, 0.15) is 31.2 Å². The van der Waals surface area contributed by atoms with Crippen molar-refractivity contribution < 1.29 is 47.9 Å². The van der Waals surface area contributed by atoms with E-state index in [0.29, 0.717) is 95.8 Å². The van der Waals surface area contributed by atoms with Gasteiger partial charge in [-0.05, 0) is 67.6 Å². The van der Waals surface area contributed by atoms with Gasteiger partial charge in [-0.15, -0.1) is 0 Å². The van der Waals surface area contributed by atoms with Crippen molar-refractivity contribution in [2.24, 2.45) is 11.8 Å². The van der Waals surface area contributed by atoms with Gasteiger partial charge in [0.05, 0.1) is 64.7 Å². The summed E-state index contributed by atoms with van der Waals surface area (Å²) in [4.78, 5) is 25.3. The van der Waals surface area contributed by atoms with Crippen molar-refractivity contribution in [3.63, 3.8) is 0 Å². The lowest BCUT2D eigenvalue weighted by Gasteiger charge is -2.25. The lowest BCUT2D eigenvalue weighted by atomic mass is 9.82. The van der Waals surface area contributed by atoms with Gasteiger partial charge in [-0.1, -0.05) is 12.1 Å². The first-order chi connectivity index (χ1) is 19.6. The molecule has 1 saturated carbocycles. The number of hydrogen-bond acceptors (Lipinski definition) is 10. The van der Waals surface area contributed by atoms with E-state index < -0.39 is 0 Å². The Hall–Kier alpha value is -3.02. The maximum Gasteiger partial charge on any atom is 0.314 e. The van der Waals surface area contributed by atoms with E-state index in [1.54, 1.807) is 43.5 Å². The van der Waals surface area contributed by atoms with Gasteiger partial charge in [0, 0.05) is 7.11 Å². The Morgan fingerprint density at radius 2 is 1.12 bits per heavy atom. The Kier molecular flexibility index (Phi) is 14.5. The first kappa shape index (κ1) is 31.5. The molecule has 2 aromatic rings. The Morgan fingerprint density at radius 1 is 0.650 bits per heavy atom. The standard InChI is InChI=1S/C30H40O10/c1-34-16-17-36-20-21-38-26-10-12-28(13-11-26)40-30(33)25-6-4-24(5-7-25)29(32)39-27-8-2-23(3-9-27)22-37-19-18-35-15-14-31/h2-3,8-13,24-25,31H,4-7,14-22H2,1H3/t24-,25-. The zero-order valence-corrected chi connectivity index (χ0v) is 23.1. The number of carbonyl (C=O) groups is 2. The van der Waals surface area contributed by atoms with Crippen LogP contribution in [0.5, 0.6) is 17.2 Å². The molecule has 0 heterocycles. The molecule has 1 aliphatic rings. The maximum atomic E-state index is 12.7. The Balaban J connectivity index is 1.32. The summed E-state index contributed by atoms with van der Waals surface area (Å²) in [5.74, 6) is 0.532. The van der Waals surface area contributed by atoms with Crippen LogP contribution in [0.15, 0.2) is 48.5 Å². The molecule has 0 amide bonds. The molecule has 1 N–H and O–H groups in total. The molecule has 0 atom stereocenters. The number of aliphatic hydroxyl groups is 1. The SMILES string of the molecule is COCCOCCOc1ccc(OC(=O)[C@H]2CC[C@H](C(=O)Oc3ccc(COCCOCCO)cc3)CC2)cc1. The lowest BCUT2D eigenvalue weighted by molar-refractivity contribution is -0.145. The largest absolute Gasteiger partial charge is 0.491 e. The second-order valence-electron chi connectivity index (χ2n) is 9.35. The monoisotopic (exact) mass is 560 g/mol. The molecule has 0 saturated heterocycles. The number of benzene rings is 2. The number of ether oxygens (including phenoxy) is 7. The van der Waals surface area contributed by atoms with Crippen LogP contribution in [0, 0.1) is 11.8 Å². The molecule has 2 aromatic carbocycles. The lowest BCUT2D eigenvalue weighted by Crippen LogP contribution is -2.30. The second-order valence-corrected chi connectivity index (χ2v) is 9.35. The van der Waals surface area contributed by atoms with E-state index in [2.05, 4.69) is 0 Å². The third-order valence-electron chi connectivity index (χ3n) is 6.38. The molecule has 0 aromatic heterocycles. The fourth-order valence-electron chi connectivity index (χ4n) is 4.16. The zero-order chi connectivity index (χ0) is 28.4. The second kappa shape index (κ2) is 18.4. The smallest absolute Gasteiger partial charge is 0.314 e. The van der Waals surface area contributed by atoms with Crippen molar-refractivity contribution in [1.82, 2.24) is 0 Å². The molecular formula is C30H40O10. The van der Waals surface area contributed by atoms with Crippen LogP contribution in [0.25, 0.3) is 0 Å². The van der Waals surface area contributed by atoms with Crippen LogP contribution in [-0.2, 0) is 35.1 Å². The van der Waals surface area contributed by atoms with Crippen LogP contribution in [0.4, 0.5) is 0 Å². The van der Waals surface area contributed by atoms with Crippen molar-refractivity contribution in [2.45, 2.75) is 32.3 Å². The van der Waals surface area contributed by atoms with E-state index in [9.17, 15) is 9.59 Å². The summed E-state index contributed by atoms with van der Waals surface area (Å²) in [5.41, 5.74) is 0.950. The highest BCUT2D eigenvalue weighted by molar-refractivity contribution is 5.77. The molecule has 1 aliphatic carbocycles. The molecule has 0 bridgehead atoms. The summed E-state index contributed by atoms with van der Waals surface area (Å²) in [6.45, 7) is 3.51. The summed E-state index contributed by atoms with van der Waals surface area (Å²) in [5, 5.41) is 8.67. The third-order valence-corrected chi connectivity index (χ3v) is 6.38. The number of aliphatic hydroxyl groups excluding tert-OH is 1. The van der Waals surface area contributed by atoms with Crippen LogP contribution < -0.4 is 14.2 Å². The van der Waals surface area contributed by atoms with Crippen LogP contribution in [-0.4, -0.2) is 77.0 Å². The van der Waals surface area contributed by atoms with Crippen molar-refractivity contribution in [2.75, 3.05) is 60.0 Å². The van der Waals surface area contributed by atoms with Gasteiger partial charge in [0.1, 0.15) is 23.9 Å². The van der Waals surface area contributed by atoms with Crippen molar-refractivity contribution in [1.29, 1.82) is 0 Å². The first-order valence-electron chi connectivity index (χ1n) is 13.7. The summed E-state index contributed by atoms with van der Waals surface area (Å²) < 4.78 is 37.7. The predicted octanol–water partition coefficient (Wildman–Crippen LogP) is 3.57. The first-order valence-corrected chi connectivity index (χ1v) is 13.7. The molecule has 1 fully saturated rings. The fourth-order valence-corrected chi connectivity index (χ4v) is 4.16. The van der Waals surface area contributed by atoms with Gasteiger partial charge in [0.25, 0.3) is 0 Å². The molecule has 0 spiro atoms. The molecule has 10 nitrogen and oxygen atoms in total. The average Bonchev–Trinajstić information content (AvgIpc) is 2.98. The Labute approximate surface area is 235 Å². The van der Waals surface area contributed by atoms with Gasteiger partial charge < -0.3 is 38.3 Å². The van der Waals surface area contributed by atoms with E-state index in [-0.39, 0.29) is 30.4 Å². The number of rotatable bonds is 18. The molecule has 3 rings (SSSR count). The van der Waals surface area contributed by atoms with E-state index in [0.717, 1.165) is 5.56 Å². The average molecular weight is 561 g/mol. The Morgan fingerprint density at radius 3 is 1.70 bits per heavy atom. The molecule has 0 radical (unpaired) electrons. The number of hydrogen-bond donors (Lipinski definition) is 1. The van der Waals surface area contributed by atoms with E-state index in [4.69, 9.17) is 38.3 Å². The fraction of sp³-hybridized carbons (Fsp3) is 0.533. The highest BCUT2D eigenvalue weighted by atomic mass is 16.6. The molecular weight excluding hydrogens is 520 g/mol. The highest BCUT2D eigenvalue weighted by Gasteiger charge is 2.32. The topological polar surface area (TPSA) is 119 Å². The van der Waals surface area contributed by atoms with Crippen molar-refractivity contribution in [3.05, 3.63) is 54.1 Å². The van der Waals surface area contributed by atoms with Crippen LogP contribution >= 0.6 is 0 Å². The van der Waals surface area contributed by atoms with Gasteiger partial charge in [0.15, 0.2) is 0 Å². The number of methoxy groups -OCH3 is 1. The summed E-state index contributed by atoms with van der Waals surface area (Å²) in [6.07, 6.45) is 2.28. The van der Waals surface area contributed by atoms with Gasteiger partial charge in [-0.3, -0.25) is 9.59 Å². The Bertz CT molecular complexity index is 903. The van der Waals surface area contributed by atoms with Gasteiger partial charge in [0.2, 0.25) is 0 Å². The van der Waals surface area contributed by atoms with Crippen LogP contribution in [0.3, 0.4) is 0 Å². The zero-order valence-electron chi connectivity index (χ0n) is 23.1. The maximum absolute atomic E-state index is 12.7. The minimum absolute atomic E-state index is 0.00593. The molecule has 220 valence electrons.